The molecule has 1 heterocycles. The monoisotopic (exact) mass is 282 g/mol. The highest BCUT2D eigenvalue weighted by molar-refractivity contribution is 9.10. The van der Waals surface area contributed by atoms with Gasteiger partial charge in [-0.25, -0.2) is 9.37 Å². The number of nitrogen functional groups attached to an aromatic ring is 1. The van der Waals surface area contributed by atoms with Crippen molar-refractivity contribution in [3.05, 3.63) is 40.8 Å². The summed E-state index contributed by atoms with van der Waals surface area (Å²) in [7, 11) is 0. The van der Waals surface area contributed by atoms with Crippen molar-refractivity contribution in [1.29, 1.82) is 0 Å². The second kappa shape index (κ2) is 4.44. The molecule has 0 aliphatic rings. The molecule has 0 saturated heterocycles. The summed E-state index contributed by atoms with van der Waals surface area (Å²) >= 11 is 3.18. The Morgan fingerprint density at radius 3 is 2.81 bits per heavy atom. The summed E-state index contributed by atoms with van der Waals surface area (Å²) < 4.78 is 14.1. The quantitative estimate of drug-likeness (QED) is 0.889. The number of hydrogen-bond donors (Lipinski definition) is 2. The lowest BCUT2D eigenvalue weighted by atomic mass is 10.3. The summed E-state index contributed by atoms with van der Waals surface area (Å²) in [5.41, 5.74) is 5.75. The Morgan fingerprint density at radius 1 is 1.31 bits per heavy atom. The second-order valence-corrected chi connectivity index (χ2v) is 3.96. The first-order valence-electron chi connectivity index (χ1n) is 4.46. The van der Waals surface area contributed by atoms with Gasteiger partial charge in [-0.05, 0) is 24.3 Å². The van der Waals surface area contributed by atoms with Crippen LogP contribution in [0.2, 0.25) is 0 Å². The number of anilines is 3. The zero-order valence-corrected chi connectivity index (χ0v) is 9.70. The smallest absolute Gasteiger partial charge is 0.221 e. The van der Waals surface area contributed by atoms with Crippen molar-refractivity contribution in [1.82, 2.24) is 9.97 Å². The van der Waals surface area contributed by atoms with Gasteiger partial charge in [0.2, 0.25) is 5.95 Å². The summed E-state index contributed by atoms with van der Waals surface area (Å²) in [4.78, 5) is 7.65. The molecule has 0 bridgehead atoms. The predicted molar refractivity (Wildman–Crippen MR) is 63.8 cm³/mol. The van der Waals surface area contributed by atoms with E-state index in [9.17, 15) is 4.39 Å². The molecule has 16 heavy (non-hydrogen) atoms. The van der Waals surface area contributed by atoms with Crippen LogP contribution >= 0.6 is 15.9 Å². The van der Waals surface area contributed by atoms with Gasteiger partial charge in [-0.2, -0.15) is 4.98 Å². The standard InChI is InChI=1S/C10H8BrFN4/c11-6-1-2-8(7(12)5-6)15-9-3-4-14-10(13)16-9/h1-5H,(H3,13,14,15,16). The fourth-order valence-corrected chi connectivity index (χ4v) is 1.51. The number of rotatable bonds is 2. The Kier molecular flexibility index (Phi) is 3.00. The molecule has 82 valence electrons. The molecule has 0 spiro atoms. The van der Waals surface area contributed by atoms with E-state index in [2.05, 4.69) is 31.2 Å². The number of halogens is 2. The van der Waals surface area contributed by atoms with Crippen LogP contribution in [0.15, 0.2) is 34.9 Å². The summed E-state index contributed by atoms with van der Waals surface area (Å²) in [5, 5.41) is 2.81. The van der Waals surface area contributed by atoms with Crippen LogP contribution in [0.4, 0.5) is 21.8 Å². The average Bonchev–Trinajstić information content (AvgIpc) is 2.22. The maximum absolute atomic E-state index is 13.5. The van der Waals surface area contributed by atoms with E-state index < -0.39 is 0 Å². The van der Waals surface area contributed by atoms with E-state index in [0.717, 1.165) is 0 Å². The molecule has 0 atom stereocenters. The maximum atomic E-state index is 13.5. The molecule has 6 heteroatoms. The number of nitrogens with two attached hydrogens (primary N) is 1. The van der Waals surface area contributed by atoms with Crippen LogP contribution in [0.1, 0.15) is 0 Å². The minimum Gasteiger partial charge on any atom is -0.368 e. The van der Waals surface area contributed by atoms with Crippen molar-refractivity contribution in [3.63, 3.8) is 0 Å². The molecule has 0 saturated carbocycles. The summed E-state index contributed by atoms with van der Waals surface area (Å²) in [6.07, 6.45) is 1.50. The summed E-state index contributed by atoms with van der Waals surface area (Å²) in [6.45, 7) is 0. The number of benzene rings is 1. The normalized spacial score (nSPS) is 10.1. The number of aromatic nitrogens is 2. The molecule has 0 fully saturated rings. The SMILES string of the molecule is Nc1nccc(Nc2ccc(Br)cc2F)n1. The first-order chi connectivity index (χ1) is 7.65. The summed E-state index contributed by atoms with van der Waals surface area (Å²) in [5.74, 6) is 0.225. The number of nitrogens with one attached hydrogen (secondary N) is 1. The first kappa shape index (κ1) is 10.8. The molecular formula is C10H8BrFN4. The van der Waals surface area contributed by atoms with Crippen LogP contribution in [-0.2, 0) is 0 Å². The van der Waals surface area contributed by atoms with Crippen molar-refractivity contribution >= 4 is 33.4 Å². The van der Waals surface area contributed by atoms with E-state index in [1.165, 1.54) is 12.3 Å². The van der Waals surface area contributed by atoms with Crippen molar-refractivity contribution in [2.75, 3.05) is 11.1 Å². The maximum Gasteiger partial charge on any atom is 0.221 e. The van der Waals surface area contributed by atoms with E-state index in [-0.39, 0.29) is 11.8 Å². The number of nitrogens with zero attached hydrogens (tertiary/aromatic N) is 2. The minimum atomic E-state index is -0.369. The third-order valence-corrected chi connectivity index (χ3v) is 2.36. The van der Waals surface area contributed by atoms with Crippen LogP contribution in [0.3, 0.4) is 0 Å². The highest BCUT2D eigenvalue weighted by Gasteiger charge is 2.03. The van der Waals surface area contributed by atoms with Gasteiger partial charge in [0.15, 0.2) is 0 Å². The van der Waals surface area contributed by atoms with Gasteiger partial charge < -0.3 is 11.1 Å². The minimum absolute atomic E-state index is 0.141. The lowest BCUT2D eigenvalue weighted by Gasteiger charge is -2.06. The molecule has 1 aromatic carbocycles. The Balaban J connectivity index is 2.27. The van der Waals surface area contributed by atoms with E-state index >= 15 is 0 Å². The van der Waals surface area contributed by atoms with Crippen LogP contribution in [0.25, 0.3) is 0 Å². The molecule has 4 nitrogen and oxygen atoms in total. The molecule has 0 aliphatic heterocycles. The number of hydrogen-bond acceptors (Lipinski definition) is 4. The van der Waals surface area contributed by atoms with E-state index in [0.29, 0.717) is 16.0 Å². The molecule has 1 aromatic heterocycles. The zero-order valence-electron chi connectivity index (χ0n) is 8.11. The third kappa shape index (κ3) is 2.46. The fourth-order valence-electron chi connectivity index (χ4n) is 1.17. The molecule has 0 radical (unpaired) electrons. The van der Waals surface area contributed by atoms with Crippen molar-refractivity contribution < 1.29 is 4.39 Å². The lowest BCUT2D eigenvalue weighted by molar-refractivity contribution is 0.631. The Bertz CT molecular complexity index is 518. The topological polar surface area (TPSA) is 63.8 Å². The van der Waals surface area contributed by atoms with E-state index in [1.807, 2.05) is 0 Å². The highest BCUT2D eigenvalue weighted by atomic mass is 79.9. The zero-order chi connectivity index (χ0) is 11.5. The highest BCUT2D eigenvalue weighted by Crippen LogP contribution is 2.22. The molecule has 0 amide bonds. The van der Waals surface area contributed by atoms with E-state index in [4.69, 9.17) is 5.73 Å². The molecule has 0 unspecified atom stereocenters. The Labute approximate surface area is 99.9 Å². The van der Waals surface area contributed by atoms with Gasteiger partial charge in [0.1, 0.15) is 11.6 Å². The van der Waals surface area contributed by atoms with Gasteiger partial charge in [0, 0.05) is 10.7 Å². The largest absolute Gasteiger partial charge is 0.368 e. The molecule has 3 N–H and O–H groups in total. The van der Waals surface area contributed by atoms with Crippen molar-refractivity contribution in [2.45, 2.75) is 0 Å². The van der Waals surface area contributed by atoms with E-state index in [1.54, 1.807) is 18.2 Å². The fraction of sp³-hybridized carbons (Fsp3) is 0. The second-order valence-electron chi connectivity index (χ2n) is 3.05. The summed E-state index contributed by atoms with van der Waals surface area (Å²) in [6, 6.07) is 6.32. The Hall–Kier alpha value is -1.69. The van der Waals surface area contributed by atoms with Crippen molar-refractivity contribution in [2.24, 2.45) is 0 Å². The van der Waals surface area contributed by atoms with Crippen molar-refractivity contribution in [3.8, 4) is 0 Å². The van der Waals surface area contributed by atoms with Gasteiger partial charge in [0.25, 0.3) is 0 Å². The first-order valence-corrected chi connectivity index (χ1v) is 5.25. The molecule has 0 aliphatic carbocycles. The Morgan fingerprint density at radius 2 is 2.12 bits per heavy atom. The van der Waals surface area contributed by atoms with Crippen LogP contribution in [-0.4, -0.2) is 9.97 Å². The van der Waals surface area contributed by atoms with Crippen LogP contribution in [0, 0.1) is 5.82 Å². The van der Waals surface area contributed by atoms with Gasteiger partial charge in [-0.15, -0.1) is 0 Å². The molecule has 2 aromatic rings. The average molecular weight is 283 g/mol. The van der Waals surface area contributed by atoms with Gasteiger partial charge in [0.05, 0.1) is 5.69 Å². The van der Waals surface area contributed by atoms with Crippen LogP contribution < -0.4 is 11.1 Å². The lowest BCUT2D eigenvalue weighted by Crippen LogP contribution is -2.00. The third-order valence-electron chi connectivity index (χ3n) is 1.87. The predicted octanol–water partition coefficient (Wildman–Crippen LogP) is 2.70. The van der Waals surface area contributed by atoms with Gasteiger partial charge >= 0.3 is 0 Å². The molecule has 2 rings (SSSR count). The van der Waals surface area contributed by atoms with Crippen LogP contribution in [0.5, 0.6) is 0 Å². The van der Waals surface area contributed by atoms with Gasteiger partial charge in [-0.1, -0.05) is 15.9 Å². The van der Waals surface area contributed by atoms with Gasteiger partial charge in [-0.3, -0.25) is 0 Å². The molecular weight excluding hydrogens is 275 g/mol.